The first kappa shape index (κ1) is 48.2. The van der Waals surface area contributed by atoms with Gasteiger partial charge in [-0.15, -0.1) is 11.3 Å². The molecule has 1 unspecified atom stereocenters. The predicted molar refractivity (Wildman–Crippen MR) is 217 cm³/mol. The highest BCUT2D eigenvalue weighted by molar-refractivity contribution is 7.18. The van der Waals surface area contributed by atoms with E-state index in [0.29, 0.717) is 12.0 Å². The zero-order valence-electron chi connectivity index (χ0n) is 34.8. The van der Waals surface area contributed by atoms with E-state index in [2.05, 4.69) is 31.9 Å². The highest BCUT2D eigenvalue weighted by Gasteiger charge is 2.34. The summed E-state index contributed by atoms with van der Waals surface area (Å²) >= 11 is 0.893. The monoisotopic (exact) mass is 817 g/mol. The molecule has 0 saturated carbocycles. The molecule has 1 aromatic carbocycles. The molecule has 57 heavy (non-hydrogen) atoms. The molecule has 0 aliphatic rings. The summed E-state index contributed by atoms with van der Waals surface area (Å²) in [5.74, 6) is -6.20. The number of nitrogens with one attached hydrogen (secondary N) is 6. The van der Waals surface area contributed by atoms with Gasteiger partial charge in [-0.05, 0) is 60.3 Å². The van der Waals surface area contributed by atoms with Gasteiger partial charge in [0.25, 0.3) is 5.91 Å². The second-order valence-electron chi connectivity index (χ2n) is 15.3. The SMILES string of the molecule is CCC(C(=O)Nc1sc(C(=O)NCCNC(=O)[C@@H](NC(=O)[C@@H](NC(=O)[C@@H](NC(=O)[C@@H](N)C(C)C)C(C)C)C(C)C)C(C)C)c(C)c1C(=O)OC)c1ccc(F)cc1. The van der Waals surface area contributed by atoms with Crippen LogP contribution in [0.4, 0.5) is 9.39 Å². The van der Waals surface area contributed by atoms with Crippen LogP contribution in [0.5, 0.6) is 0 Å². The van der Waals surface area contributed by atoms with E-state index in [1.54, 1.807) is 69.2 Å². The molecule has 17 heteroatoms. The largest absolute Gasteiger partial charge is 0.465 e. The third-order valence-corrected chi connectivity index (χ3v) is 10.7. The van der Waals surface area contributed by atoms with E-state index in [1.807, 2.05) is 0 Å². The molecule has 0 spiro atoms. The second kappa shape index (κ2) is 22.1. The number of methoxy groups -OCH3 is 1. The fourth-order valence-corrected chi connectivity index (χ4v) is 6.94. The molecule has 0 aliphatic heterocycles. The number of benzene rings is 1. The molecule has 316 valence electrons. The molecule has 0 aliphatic carbocycles. The van der Waals surface area contributed by atoms with E-state index in [1.165, 1.54) is 31.4 Å². The number of halogens is 1. The Kier molecular flexibility index (Phi) is 18.7. The molecule has 2 aromatic rings. The summed E-state index contributed by atoms with van der Waals surface area (Å²) < 4.78 is 18.4. The molecule has 1 heterocycles. The van der Waals surface area contributed by atoms with Crippen molar-refractivity contribution in [1.82, 2.24) is 26.6 Å². The van der Waals surface area contributed by atoms with Crippen molar-refractivity contribution < 1.29 is 42.7 Å². The molecule has 8 N–H and O–H groups in total. The zero-order valence-corrected chi connectivity index (χ0v) is 35.6. The topological polar surface area (TPSA) is 227 Å². The van der Waals surface area contributed by atoms with Crippen LogP contribution >= 0.6 is 11.3 Å². The van der Waals surface area contributed by atoms with Crippen LogP contribution in [0.1, 0.15) is 106 Å². The van der Waals surface area contributed by atoms with E-state index < -0.39 is 77.3 Å². The van der Waals surface area contributed by atoms with Gasteiger partial charge in [0, 0.05) is 13.1 Å². The molecule has 0 saturated heterocycles. The van der Waals surface area contributed by atoms with Crippen LogP contribution < -0.4 is 37.6 Å². The van der Waals surface area contributed by atoms with Crippen LogP contribution in [0.2, 0.25) is 0 Å². The number of anilines is 1. The second-order valence-corrected chi connectivity index (χ2v) is 16.3. The summed E-state index contributed by atoms with van der Waals surface area (Å²) in [5, 5.41) is 16.5. The summed E-state index contributed by atoms with van der Waals surface area (Å²) in [4.78, 5) is 92.3. The fourth-order valence-electron chi connectivity index (χ4n) is 5.83. The number of hydrogen-bond acceptors (Lipinski definition) is 10. The van der Waals surface area contributed by atoms with Gasteiger partial charge in [-0.3, -0.25) is 28.8 Å². The number of ether oxygens (including phenoxy) is 1. The highest BCUT2D eigenvalue weighted by Crippen LogP contribution is 2.35. The van der Waals surface area contributed by atoms with Crippen LogP contribution in [-0.4, -0.2) is 85.8 Å². The summed E-state index contributed by atoms with van der Waals surface area (Å²) in [6.45, 7) is 17.4. The quantitative estimate of drug-likeness (QED) is 0.0767. The molecular weight excluding hydrogens is 758 g/mol. The average Bonchev–Trinajstić information content (AvgIpc) is 3.47. The van der Waals surface area contributed by atoms with Crippen molar-refractivity contribution in [1.29, 1.82) is 0 Å². The normalized spacial score (nSPS) is 14.0. The van der Waals surface area contributed by atoms with Gasteiger partial charge in [0.15, 0.2) is 0 Å². The number of esters is 1. The maximum atomic E-state index is 13.5. The van der Waals surface area contributed by atoms with Crippen molar-refractivity contribution >= 4 is 57.8 Å². The summed E-state index contributed by atoms with van der Waals surface area (Å²) in [6.07, 6.45) is 0.388. The van der Waals surface area contributed by atoms with Crippen molar-refractivity contribution in [2.45, 2.75) is 106 Å². The Morgan fingerprint density at radius 1 is 0.702 bits per heavy atom. The number of thiophene rings is 1. The minimum Gasteiger partial charge on any atom is -0.465 e. The Bertz CT molecular complexity index is 1750. The van der Waals surface area contributed by atoms with Gasteiger partial charge in [-0.1, -0.05) is 74.4 Å². The van der Waals surface area contributed by atoms with Gasteiger partial charge in [0.2, 0.25) is 29.5 Å². The predicted octanol–water partition coefficient (Wildman–Crippen LogP) is 3.37. The maximum absolute atomic E-state index is 13.5. The van der Waals surface area contributed by atoms with E-state index in [4.69, 9.17) is 10.5 Å². The minimum atomic E-state index is -1.03. The van der Waals surface area contributed by atoms with Crippen LogP contribution in [0, 0.1) is 36.4 Å². The van der Waals surface area contributed by atoms with Crippen molar-refractivity contribution in [3.8, 4) is 0 Å². The molecular formula is C40H60FN7O8S. The fraction of sp³-hybridized carbons (Fsp3) is 0.575. The number of carbonyl (C=O) groups excluding carboxylic acids is 7. The average molecular weight is 818 g/mol. The number of carbonyl (C=O) groups is 7. The molecule has 0 fully saturated rings. The van der Waals surface area contributed by atoms with Crippen LogP contribution in [0.15, 0.2) is 24.3 Å². The molecule has 1 aromatic heterocycles. The molecule has 2 rings (SSSR count). The zero-order chi connectivity index (χ0) is 43.3. The van der Waals surface area contributed by atoms with Gasteiger partial charge >= 0.3 is 5.97 Å². The number of amides is 6. The van der Waals surface area contributed by atoms with Gasteiger partial charge in [-0.2, -0.15) is 0 Å². The summed E-state index contributed by atoms with van der Waals surface area (Å²) in [5.41, 5.74) is 6.87. The maximum Gasteiger partial charge on any atom is 0.341 e. The Morgan fingerprint density at radius 2 is 1.18 bits per heavy atom. The minimum absolute atomic E-state index is 0.0178. The Morgan fingerprint density at radius 3 is 1.63 bits per heavy atom. The number of hydrogen-bond donors (Lipinski definition) is 7. The van der Waals surface area contributed by atoms with E-state index in [-0.39, 0.29) is 57.8 Å². The van der Waals surface area contributed by atoms with E-state index >= 15 is 0 Å². The lowest BCUT2D eigenvalue weighted by Gasteiger charge is -2.30. The lowest BCUT2D eigenvalue weighted by Crippen LogP contribution is -2.61. The van der Waals surface area contributed by atoms with Crippen molar-refractivity contribution in [2.24, 2.45) is 29.4 Å². The van der Waals surface area contributed by atoms with Gasteiger partial charge in [-0.25, -0.2) is 9.18 Å². The first-order chi connectivity index (χ1) is 26.7. The first-order valence-electron chi connectivity index (χ1n) is 19.2. The molecule has 5 atom stereocenters. The third-order valence-electron chi connectivity index (χ3n) is 9.45. The summed E-state index contributed by atoms with van der Waals surface area (Å²) in [7, 11) is 1.18. The summed E-state index contributed by atoms with van der Waals surface area (Å²) in [6, 6.07) is 1.75. The van der Waals surface area contributed by atoms with Gasteiger partial charge < -0.3 is 42.4 Å². The molecule has 6 amide bonds. The molecule has 15 nitrogen and oxygen atoms in total. The van der Waals surface area contributed by atoms with Crippen LogP contribution in [0.3, 0.4) is 0 Å². The van der Waals surface area contributed by atoms with E-state index in [0.717, 1.165) is 11.3 Å². The Hall–Kier alpha value is -4.90. The van der Waals surface area contributed by atoms with Crippen molar-refractivity contribution in [3.63, 3.8) is 0 Å². The standard InChI is InChI=1S/C40H60FN7O8S/c1-12-26(24-13-15-25(41)16-14-24)33(49)48-39-27(40(55)56-11)23(10)32(57-39)38(54)44-18-17-43-35(51)29(20(4)5)46-37(53)31(22(8)9)47-36(52)30(21(6)7)45-34(50)28(42)19(2)3/h13-16,19-22,26,28-31H,12,17-18,42H2,1-11H3,(H,43,51)(H,44,54)(H,45,50)(H,46,53)(H,47,52)(H,48,49)/t26?,28-,29-,30-,31-/m0/s1. The number of rotatable bonds is 20. The lowest BCUT2D eigenvalue weighted by molar-refractivity contribution is -0.135. The highest BCUT2D eigenvalue weighted by atomic mass is 32.1. The smallest absolute Gasteiger partial charge is 0.341 e. The van der Waals surface area contributed by atoms with Gasteiger partial charge in [0.05, 0.1) is 29.5 Å². The Labute approximate surface area is 338 Å². The van der Waals surface area contributed by atoms with Crippen molar-refractivity contribution in [2.75, 3.05) is 25.5 Å². The van der Waals surface area contributed by atoms with Crippen LogP contribution in [-0.2, 0) is 28.7 Å². The van der Waals surface area contributed by atoms with Crippen LogP contribution in [0.25, 0.3) is 0 Å². The first-order valence-corrected chi connectivity index (χ1v) is 20.0. The lowest BCUT2D eigenvalue weighted by atomic mass is 9.95. The van der Waals surface area contributed by atoms with Gasteiger partial charge in [0.1, 0.15) is 28.9 Å². The molecule has 0 radical (unpaired) electrons. The number of nitrogens with two attached hydrogens (primary N) is 1. The van der Waals surface area contributed by atoms with Crippen molar-refractivity contribution in [3.05, 3.63) is 51.7 Å². The molecule has 0 bridgehead atoms. The third kappa shape index (κ3) is 13.3. The Balaban J connectivity index is 2.10. The van der Waals surface area contributed by atoms with E-state index in [9.17, 15) is 38.0 Å².